The Labute approximate surface area is 116 Å². The van der Waals surface area contributed by atoms with E-state index in [1.807, 2.05) is 19.2 Å². The zero-order valence-corrected chi connectivity index (χ0v) is 12.1. The van der Waals surface area contributed by atoms with Crippen LogP contribution in [0, 0.1) is 16.7 Å². The topological polar surface area (TPSA) is 45.0 Å². The van der Waals surface area contributed by atoms with Crippen LogP contribution in [0.3, 0.4) is 0 Å². The molecule has 1 fully saturated rings. The summed E-state index contributed by atoms with van der Waals surface area (Å²) in [7, 11) is 1.92. The third-order valence-corrected chi connectivity index (χ3v) is 3.97. The van der Waals surface area contributed by atoms with Crippen molar-refractivity contribution in [2.45, 2.75) is 25.8 Å². The summed E-state index contributed by atoms with van der Waals surface area (Å²) >= 11 is 3.53. The standard InChI is InChI=1S/C14H17BrN2O/c1-17-9-11-3-2-4-12(15)13(11)18-10-14(5-6-14)7-8-16/h2-4,17H,5-7,9-10H2,1H3. The molecule has 0 aromatic heterocycles. The van der Waals surface area contributed by atoms with Crippen molar-refractivity contribution in [2.75, 3.05) is 13.7 Å². The van der Waals surface area contributed by atoms with E-state index in [0.29, 0.717) is 13.0 Å². The first-order valence-corrected chi connectivity index (χ1v) is 6.92. The van der Waals surface area contributed by atoms with E-state index in [2.05, 4.69) is 33.4 Å². The number of nitrogens with zero attached hydrogens (tertiary/aromatic N) is 1. The van der Waals surface area contributed by atoms with Gasteiger partial charge in [-0.05, 0) is 41.9 Å². The smallest absolute Gasteiger partial charge is 0.137 e. The molecule has 0 heterocycles. The number of hydrogen-bond acceptors (Lipinski definition) is 3. The second kappa shape index (κ2) is 5.73. The van der Waals surface area contributed by atoms with Crippen LogP contribution in [0.25, 0.3) is 0 Å². The van der Waals surface area contributed by atoms with Gasteiger partial charge in [-0.25, -0.2) is 0 Å². The third-order valence-electron chi connectivity index (χ3n) is 3.35. The summed E-state index contributed by atoms with van der Waals surface area (Å²) in [6.07, 6.45) is 2.80. The Balaban J connectivity index is 2.07. The van der Waals surface area contributed by atoms with E-state index in [-0.39, 0.29) is 5.41 Å². The van der Waals surface area contributed by atoms with Gasteiger partial charge in [0, 0.05) is 23.9 Å². The van der Waals surface area contributed by atoms with Crippen LogP contribution in [-0.2, 0) is 6.54 Å². The summed E-state index contributed by atoms with van der Waals surface area (Å²) in [6.45, 7) is 1.42. The van der Waals surface area contributed by atoms with Crippen LogP contribution in [0.1, 0.15) is 24.8 Å². The summed E-state index contributed by atoms with van der Waals surface area (Å²) < 4.78 is 6.94. The predicted molar refractivity (Wildman–Crippen MR) is 74.3 cm³/mol. The number of hydrogen-bond donors (Lipinski definition) is 1. The van der Waals surface area contributed by atoms with Gasteiger partial charge in [0.25, 0.3) is 0 Å². The largest absolute Gasteiger partial charge is 0.491 e. The van der Waals surface area contributed by atoms with Gasteiger partial charge in [0.15, 0.2) is 0 Å². The fourth-order valence-corrected chi connectivity index (χ4v) is 2.51. The number of ether oxygens (including phenoxy) is 1. The SMILES string of the molecule is CNCc1cccc(Br)c1OCC1(CC#N)CC1. The van der Waals surface area contributed by atoms with Crippen molar-refractivity contribution in [3.63, 3.8) is 0 Å². The summed E-state index contributed by atoms with van der Waals surface area (Å²) in [4.78, 5) is 0. The minimum Gasteiger partial charge on any atom is -0.491 e. The maximum Gasteiger partial charge on any atom is 0.137 e. The Morgan fingerprint density at radius 3 is 2.89 bits per heavy atom. The van der Waals surface area contributed by atoms with Gasteiger partial charge >= 0.3 is 0 Å². The Hall–Kier alpha value is -1.05. The lowest BCUT2D eigenvalue weighted by atomic mass is 10.1. The van der Waals surface area contributed by atoms with E-state index in [1.165, 1.54) is 0 Å². The van der Waals surface area contributed by atoms with Gasteiger partial charge in [0.2, 0.25) is 0 Å². The van der Waals surface area contributed by atoms with Crippen molar-refractivity contribution < 1.29 is 4.74 Å². The van der Waals surface area contributed by atoms with Gasteiger partial charge in [0.1, 0.15) is 5.75 Å². The lowest BCUT2D eigenvalue weighted by Crippen LogP contribution is -2.15. The summed E-state index contributed by atoms with van der Waals surface area (Å²) in [5.41, 5.74) is 1.25. The van der Waals surface area contributed by atoms with Gasteiger partial charge < -0.3 is 10.1 Å². The number of nitriles is 1. The van der Waals surface area contributed by atoms with Crippen molar-refractivity contribution in [3.05, 3.63) is 28.2 Å². The van der Waals surface area contributed by atoms with Crippen molar-refractivity contribution in [1.82, 2.24) is 5.32 Å². The molecule has 1 aromatic rings. The number of benzene rings is 1. The Kier molecular flexibility index (Phi) is 4.26. The van der Waals surface area contributed by atoms with E-state index >= 15 is 0 Å². The molecule has 4 heteroatoms. The minimum absolute atomic E-state index is 0.112. The number of nitrogens with one attached hydrogen (secondary N) is 1. The monoisotopic (exact) mass is 308 g/mol. The molecule has 0 amide bonds. The number of halogens is 1. The molecule has 0 spiro atoms. The molecule has 1 saturated carbocycles. The highest BCUT2D eigenvalue weighted by Crippen LogP contribution is 2.49. The van der Waals surface area contributed by atoms with E-state index in [9.17, 15) is 0 Å². The Morgan fingerprint density at radius 1 is 1.50 bits per heavy atom. The zero-order chi connectivity index (χ0) is 13.0. The molecule has 0 saturated heterocycles. The average Bonchev–Trinajstić information content (AvgIpc) is 3.10. The highest BCUT2D eigenvalue weighted by molar-refractivity contribution is 9.10. The highest BCUT2D eigenvalue weighted by Gasteiger charge is 2.43. The van der Waals surface area contributed by atoms with Crippen molar-refractivity contribution in [3.8, 4) is 11.8 Å². The molecule has 18 heavy (non-hydrogen) atoms. The first-order chi connectivity index (χ1) is 8.71. The van der Waals surface area contributed by atoms with E-state index < -0.39 is 0 Å². The second-order valence-corrected chi connectivity index (χ2v) is 5.74. The average molecular weight is 309 g/mol. The van der Waals surface area contributed by atoms with E-state index in [4.69, 9.17) is 10.00 Å². The van der Waals surface area contributed by atoms with Crippen LogP contribution in [0.4, 0.5) is 0 Å². The molecule has 96 valence electrons. The van der Waals surface area contributed by atoms with Gasteiger partial charge in [-0.2, -0.15) is 5.26 Å². The van der Waals surface area contributed by atoms with Crippen LogP contribution in [-0.4, -0.2) is 13.7 Å². The quantitative estimate of drug-likeness (QED) is 0.877. The molecular formula is C14H17BrN2O. The zero-order valence-electron chi connectivity index (χ0n) is 10.5. The fourth-order valence-electron chi connectivity index (χ4n) is 1.99. The Morgan fingerprint density at radius 2 is 2.28 bits per heavy atom. The van der Waals surface area contributed by atoms with Gasteiger partial charge in [-0.15, -0.1) is 0 Å². The minimum atomic E-state index is 0.112. The molecule has 0 atom stereocenters. The third kappa shape index (κ3) is 3.04. The van der Waals surface area contributed by atoms with Crippen LogP contribution in [0.5, 0.6) is 5.75 Å². The van der Waals surface area contributed by atoms with Crippen molar-refractivity contribution >= 4 is 15.9 Å². The van der Waals surface area contributed by atoms with Gasteiger partial charge in [-0.3, -0.25) is 0 Å². The first kappa shape index (κ1) is 13.4. The van der Waals surface area contributed by atoms with Crippen molar-refractivity contribution in [2.24, 2.45) is 5.41 Å². The maximum atomic E-state index is 8.81. The molecule has 0 unspecified atom stereocenters. The van der Waals surface area contributed by atoms with Crippen LogP contribution >= 0.6 is 15.9 Å². The summed E-state index contributed by atoms with van der Waals surface area (Å²) in [5, 5.41) is 11.9. The Bertz CT molecular complexity index is 463. The molecule has 3 nitrogen and oxygen atoms in total. The number of rotatable bonds is 6. The molecule has 2 rings (SSSR count). The molecule has 1 aliphatic carbocycles. The molecule has 1 aliphatic rings. The van der Waals surface area contributed by atoms with E-state index in [1.54, 1.807) is 0 Å². The van der Waals surface area contributed by atoms with Gasteiger partial charge in [0.05, 0.1) is 17.1 Å². The molecule has 0 bridgehead atoms. The molecule has 0 radical (unpaired) electrons. The molecule has 1 N–H and O–H groups in total. The lowest BCUT2D eigenvalue weighted by molar-refractivity contribution is 0.233. The van der Waals surface area contributed by atoms with E-state index in [0.717, 1.165) is 35.2 Å². The first-order valence-electron chi connectivity index (χ1n) is 6.12. The van der Waals surface area contributed by atoms with Gasteiger partial charge in [-0.1, -0.05) is 12.1 Å². The number of para-hydroxylation sites is 1. The molecule has 1 aromatic carbocycles. The summed E-state index contributed by atoms with van der Waals surface area (Å²) in [6, 6.07) is 8.30. The highest BCUT2D eigenvalue weighted by atomic mass is 79.9. The van der Waals surface area contributed by atoms with Crippen LogP contribution < -0.4 is 10.1 Å². The summed E-state index contributed by atoms with van der Waals surface area (Å²) in [5.74, 6) is 0.899. The normalized spacial score (nSPS) is 16.1. The lowest BCUT2D eigenvalue weighted by Gasteiger charge is -2.17. The fraction of sp³-hybridized carbons (Fsp3) is 0.500. The molecule has 0 aliphatic heterocycles. The second-order valence-electron chi connectivity index (χ2n) is 4.88. The van der Waals surface area contributed by atoms with Crippen molar-refractivity contribution in [1.29, 1.82) is 5.26 Å². The molecular weight excluding hydrogens is 292 g/mol. The van der Waals surface area contributed by atoms with Crippen LogP contribution in [0.2, 0.25) is 0 Å². The maximum absolute atomic E-state index is 8.81. The predicted octanol–water partition coefficient (Wildman–Crippen LogP) is 3.24. The van der Waals surface area contributed by atoms with Crippen LogP contribution in [0.15, 0.2) is 22.7 Å².